The maximum atomic E-state index is 14.0. The number of amides is 1. The molecular weight excluding hydrogens is 331 g/mol. The van der Waals surface area contributed by atoms with Crippen molar-refractivity contribution in [2.45, 2.75) is 13.0 Å². The largest absolute Gasteiger partial charge is 0.497 e. The Kier molecular flexibility index (Phi) is 4.13. The summed E-state index contributed by atoms with van der Waals surface area (Å²) in [6.45, 7) is 0.409. The number of fused-ring (bicyclic) bond motifs is 3. The number of pyridine rings is 1. The van der Waals surface area contributed by atoms with Gasteiger partial charge in [0.2, 0.25) is 0 Å². The Balaban J connectivity index is 1.51. The van der Waals surface area contributed by atoms with Gasteiger partial charge in [0.05, 0.1) is 13.3 Å². The normalized spacial score (nSPS) is 11.6. The highest BCUT2D eigenvalue weighted by Gasteiger charge is 2.23. The quantitative estimate of drug-likeness (QED) is 0.611. The molecule has 1 aliphatic rings. The number of aromatic nitrogens is 1. The molecule has 0 fully saturated rings. The van der Waals surface area contributed by atoms with Gasteiger partial charge in [0.1, 0.15) is 11.6 Å². The fourth-order valence-electron chi connectivity index (χ4n) is 3.31. The van der Waals surface area contributed by atoms with Crippen LogP contribution < -0.4 is 10.1 Å². The lowest BCUT2D eigenvalue weighted by molar-refractivity contribution is 0.0951. The fraction of sp³-hybridized carbons (Fsp3) is 0.143. The lowest BCUT2D eigenvalue weighted by atomic mass is 10.0. The molecule has 1 N–H and O–H groups in total. The van der Waals surface area contributed by atoms with Crippen molar-refractivity contribution >= 4 is 5.91 Å². The van der Waals surface area contributed by atoms with Crippen molar-refractivity contribution in [1.82, 2.24) is 10.3 Å². The minimum atomic E-state index is -0.323. The Bertz CT molecular complexity index is 1000. The van der Waals surface area contributed by atoms with Gasteiger partial charge in [-0.05, 0) is 46.5 Å². The number of benzene rings is 2. The summed E-state index contributed by atoms with van der Waals surface area (Å²) in [5, 5.41) is 2.91. The van der Waals surface area contributed by atoms with E-state index in [1.807, 2.05) is 36.4 Å². The van der Waals surface area contributed by atoms with Crippen molar-refractivity contribution in [3.05, 3.63) is 82.9 Å². The average molecular weight is 348 g/mol. The van der Waals surface area contributed by atoms with Crippen molar-refractivity contribution in [2.75, 3.05) is 7.11 Å². The van der Waals surface area contributed by atoms with E-state index in [-0.39, 0.29) is 11.7 Å². The molecule has 0 saturated heterocycles. The number of carbonyl (C=O) groups excluding carboxylic acids is 1. The van der Waals surface area contributed by atoms with E-state index in [1.165, 1.54) is 6.20 Å². The Morgan fingerprint density at radius 3 is 2.92 bits per heavy atom. The van der Waals surface area contributed by atoms with Gasteiger partial charge in [-0.15, -0.1) is 0 Å². The van der Waals surface area contributed by atoms with Crippen LogP contribution in [-0.4, -0.2) is 18.0 Å². The van der Waals surface area contributed by atoms with E-state index < -0.39 is 0 Å². The zero-order valence-electron chi connectivity index (χ0n) is 14.3. The summed E-state index contributed by atoms with van der Waals surface area (Å²) in [6.07, 6.45) is 3.50. The van der Waals surface area contributed by atoms with Crippen LogP contribution in [0.2, 0.25) is 0 Å². The minimum absolute atomic E-state index is 0.162. The molecule has 4 rings (SSSR count). The standard InChI is InChI=1S/C21H17FN2O2/c1-26-17-4-2-3-13(7-17)10-24-21(25)14-5-6-18-15(8-14)9-16-11-23-12-19(22)20(16)18/h2-8,11-12H,9-10H2,1H3,(H,24,25). The van der Waals surface area contributed by atoms with Gasteiger partial charge in [0, 0.05) is 30.3 Å². The summed E-state index contributed by atoms with van der Waals surface area (Å²) in [6, 6.07) is 12.9. The first-order valence-corrected chi connectivity index (χ1v) is 8.32. The molecule has 26 heavy (non-hydrogen) atoms. The van der Waals surface area contributed by atoms with E-state index >= 15 is 0 Å². The molecule has 0 unspecified atom stereocenters. The number of nitrogens with zero attached hydrogens (tertiary/aromatic N) is 1. The average Bonchev–Trinajstić information content (AvgIpc) is 3.05. The predicted octanol–water partition coefficient (Wildman–Crippen LogP) is 3.73. The molecule has 2 aromatic carbocycles. The third-order valence-corrected chi connectivity index (χ3v) is 4.58. The van der Waals surface area contributed by atoms with E-state index in [0.717, 1.165) is 28.0 Å². The van der Waals surface area contributed by atoms with Crippen LogP contribution in [0, 0.1) is 5.82 Å². The van der Waals surface area contributed by atoms with Crippen LogP contribution in [0.15, 0.2) is 54.9 Å². The second-order valence-electron chi connectivity index (χ2n) is 6.24. The summed E-state index contributed by atoms with van der Waals surface area (Å²) in [5.74, 6) is 0.268. The zero-order chi connectivity index (χ0) is 18.1. The van der Waals surface area contributed by atoms with Crippen LogP contribution in [0.4, 0.5) is 4.39 Å². The zero-order valence-corrected chi connectivity index (χ0v) is 14.3. The van der Waals surface area contributed by atoms with Gasteiger partial charge < -0.3 is 10.1 Å². The van der Waals surface area contributed by atoms with Gasteiger partial charge in [-0.3, -0.25) is 9.78 Å². The van der Waals surface area contributed by atoms with E-state index in [1.54, 1.807) is 19.4 Å². The Labute approximate surface area is 150 Å². The third-order valence-electron chi connectivity index (χ3n) is 4.58. The Morgan fingerprint density at radius 1 is 1.19 bits per heavy atom. The third kappa shape index (κ3) is 2.92. The number of nitrogens with one attached hydrogen (secondary N) is 1. The van der Waals surface area contributed by atoms with Gasteiger partial charge in [0.15, 0.2) is 0 Å². The summed E-state index contributed by atoms with van der Waals surface area (Å²) in [5.41, 5.74) is 4.75. The summed E-state index contributed by atoms with van der Waals surface area (Å²) in [7, 11) is 1.61. The van der Waals surface area contributed by atoms with E-state index in [2.05, 4.69) is 10.3 Å². The fourth-order valence-corrected chi connectivity index (χ4v) is 3.31. The van der Waals surface area contributed by atoms with Crippen molar-refractivity contribution in [1.29, 1.82) is 0 Å². The first-order valence-electron chi connectivity index (χ1n) is 8.32. The van der Waals surface area contributed by atoms with Crippen LogP contribution in [0.5, 0.6) is 5.75 Å². The predicted molar refractivity (Wildman–Crippen MR) is 96.6 cm³/mol. The molecule has 1 heterocycles. The molecule has 3 aromatic rings. The maximum absolute atomic E-state index is 14.0. The second-order valence-corrected chi connectivity index (χ2v) is 6.24. The number of hydrogen-bond donors (Lipinski definition) is 1. The molecule has 1 aliphatic carbocycles. The molecule has 0 atom stereocenters. The smallest absolute Gasteiger partial charge is 0.251 e. The molecule has 130 valence electrons. The highest BCUT2D eigenvalue weighted by molar-refractivity contribution is 5.95. The number of methoxy groups -OCH3 is 1. The van der Waals surface area contributed by atoms with Gasteiger partial charge in [-0.2, -0.15) is 0 Å². The lowest BCUT2D eigenvalue weighted by Gasteiger charge is -2.08. The highest BCUT2D eigenvalue weighted by atomic mass is 19.1. The number of rotatable bonds is 4. The summed E-state index contributed by atoms with van der Waals surface area (Å²) < 4.78 is 19.2. The van der Waals surface area contributed by atoms with Crippen LogP contribution in [0.1, 0.15) is 27.0 Å². The van der Waals surface area contributed by atoms with Gasteiger partial charge >= 0.3 is 0 Å². The molecule has 0 radical (unpaired) electrons. The maximum Gasteiger partial charge on any atom is 0.251 e. The van der Waals surface area contributed by atoms with Crippen LogP contribution in [-0.2, 0) is 13.0 Å². The molecule has 5 heteroatoms. The molecule has 4 nitrogen and oxygen atoms in total. The summed E-state index contributed by atoms with van der Waals surface area (Å²) >= 11 is 0. The van der Waals surface area contributed by atoms with Crippen molar-refractivity contribution in [3.8, 4) is 16.9 Å². The number of ether oxygens (including phenoxy) is 1. The van der Waals surface area contributed by atoms with Gasteiger partial charge in [-0.25, -0.2) is 4.39 Å². The topological polar surface area (TPSA) is 51.2 Å². The van der Waals surface area contributed by atoms with Crippen molar-refractivity contribution < 1.29 is 13.9 Å². The number of carbonyl (C=O) groups is 1. The Hall–Kier alpha value is -3.21. The van der Waals surface area contributed by atoms with E-state index in [4.69, 9.17) is 4.74 Å². The lowest BCUT2D eigenvalue weighted by Crippen LogP contribution is -2.22. The molecular formula is C21H17FN2O2. The number of halogens is 1. The van der Waals surface area contributed by atoms with Crippen LogP contribution in [0.3, 0.4) is 0 Å². The molecule has 1 amide bonds. The SMILES string of the molecule is COc1cccc(CNC(=O)c2ccc3c(c2)Cc2cncc(F)c2-3)c1. The van der Waals surface area contributed by atoms with Crippen LogP contribution in [0.25, 0.3) is 11.1 Å². The molecule has 0 aliphatic heterocycles. The summed E-state index contributed by atoms with van der Waals surface area (Å²) in [4.78, 5) is 16.4. The van der Waals surface area contributed by atoms with E-state index in [9.17, 15) is 9.18 Å². The first kappa shape index (κ1) is 16.3. The monoisotopic (exact) mass is 348 g/mol. The van der Waals surface area contributed by atoms with Crippen LogP contribution >= 0.6 is 0 Å². The second kappa shape index (κ2) is 6.59. The van der Waals surface area contributed by atoms with Crippen molar-refractivity contribution in [3.63, 3.8) is 0 Å². The van der Waals surface area contributed by atoms with E-state index in [0.29, 0.717) is 24.1 Å². The molecule has 0 bridgehead atoms. The minimum Gasteiger partial charge on any atom is -0.497 e. The van der Waals surface area contributed by atoms with Gasteiger partial charge in [-0.1, -0.05) is 18.2 Å². The molecule has 1 aromatic heterocycles. The highest BCUT2D eigenvalue weighted by Crippen LogP contribution is 2.38. The first-order chi connectivity index (χ1) is 12.7. The Morgan fingerprint density at radius 2 is 2.08 bits per heavy atom. The van der Waals surface area contributed by atoms with Crippen molar-refractivity contribution in [2.24, 2.45) is 0 Å². The molecule has 0 saturated carbocycles. The number of hydrogen-bond acceptors (Lipinski definition) is 3. The molecule has 0 spiro atoms. The van der Waals surface area contributed by atoms with Gasteiger partial charge in [0.25, 0.3) is 5.91 Å².